The fourth-order valence-electron chi connectivity index (χ4n) is 4.03. The van der Waals surface area contributed by atoms with Gasteiger partial charge >= 0.3 is 0 Å². The average Bonchev–Trinajstić information content (AvgIpc) is 3.36. The monoisotopic (exact) mass is 500 g/mol. The molecule has 9 heteroatoms. The van der Waals surface area contributed by atoms with Crippen molar-refractivity contribution in [3.8, 4) is 5.75 Å². The predicted octanol–water partition coefficient (Wildman–Crippen LogP) is 3.59. The van der Waals surface area contributed by atoms with E-state index in [2.05, 4.69) is 31.5 Å². The van der Waals surface area contributed by atoms with Crippen molar-refractivity contribution in [2.45, 2.75) is 26.4 Å². The molecule has 7 nitrogen and oxygen atoms in total. The average molecular weight is 501 g/mol. The van der Waals surface area contributed by atoms with Crippen LogP contribution in [0.2, 0.25) is 0 Å². The van der Waals surface area contributed by atoms with Crippen LogP contribution >= 0.6 is 23.6 Å². The number of H-pyrrole nitrogens is 1. The molecule has 1 fully saturated rings. The maximum absolute atomic E-state index is 12.8. The lowest BCUT2D eigenvalue weighted by Gasteiger charge is -2.28. The molecule has 4 rings (SSSR count). The smallest absolute Gasteiger partial charge is 0.253 e. The quantitative estimate of drug-likeness (QED) is 0.326. The number of thiophene rings is 1. The van der Waals surface area contributed by atoms with E-state index in [1.165, 1.54) is 4.88 Å². The van der Waals surface area contributed by atoms with Crippen molar-refractivity contribution in [1.82, 2.24) is 20.1 Å². The maximum atomic E-state index is 12.8. The summed E-state index contributed by atoms with van der Waals surface area (Å²) in [5, 5.41) is 7.08. The summed E-state index contributed by atoms with van der Waals surface area (Å²) in [7, 11) is 0. The van der Waals surface area contributed by atoms with Gasteiger partial charge in [0.1, 0.15) is 5.75 Å². The van der Waals surface area contributed by atoms with Crippen LogP contribution in [-0.2, 0) is 17.8 Å². The van der Waals surface area contributed by atoms with E-state index in [9.17, 15) is 4.79 Å². The second-order valence-electron chi connectivity index (χ2n) is 8.28. The Morgan fingerprint density at radius 3 is 2.88 bits per heavy atom. The third-order valence-corrected chi connectivity index (χ3v) is 7.07. The highest BCUT2D eigenvalue weighted by molar-refractivity contribution is 7.80. The van der Waals surface area contributed by atoms with Crippen molar-refractivity contribution in [1.29, 1.82) is 0 Å². The zero-order chi connectivity index (χ0) is 23.8. The van der Waals surface area contributed by atoms with E-state index in [1.807, 2.05) is 37.3 Å². The van der Waals surface area contributed by atoms with Gasteiger partial charge in [-0.25, -0.2) is 0 Å². The van der Waals surface area contributed by atoms with Crippen molar-refractivity contribution in [2.24, 2.45) is 0 Å². The molecule has 0 saturated carbocycles. The van der Waals surface area contributed by atoms with Crippen molar-refractivity contribution in [3.63, 3.8) is 0 Å². The van der Waals surface area contributed by atoms with Gasteiger partial charge in [-0.1, -0.05) is 6.07 Å². The predicted molar refractivity (Wildman–Crippen MR) is 142 cm³/mol. The van der Waals surface area contributed by atoms with E-state index in [-0.39, 0.29) is 5.56 Å². The van der Waals surface area contributed by atoms with Crippen molar-refractivity contribution >= 4 is 39.6 Å². The molecule has 2 N–H and O–H groups in total. The zero-order valence-corrected chi connectivity index (χ0v) is 21.2. The number of aromatic nitrogens is 1. The van der Waals surface area contributed by atoms with Crippen LogP contribution in [0.25, 0.3) is 10.9 Å². The largest absolute Gasteiger partial charge is 0.494 e. The summed E-state index contributed by atoms with van der Waals surface area (Å²) < 4.78 is 11.0. The summed E-state index contributed by atoms with van der Waals surface area (Å²) in [4.78, 5) is 21.5. The number of morpholine rings is 1. The van der Waals surface area contributed by atoms with E-state index in [4.69, 9.17) is 21.7 Å². The molecule has 182 valence electrons. The minimum atomic E-state index is -0.0945. The highest BCUT2D eigenvalue weighted by atomic mass is 32.1. The van der Waals surface area contributed by atoms with Crippen LogP contribution in [0.1, 0.15) is 23.8 Å². The Hall–Kier alpha value is -2.46. The van der Waals surface area contributed by atoms with Gasteiger partial charge in [0.15, 0.2) is 5.11 Å². The molecule has 0 aliphatic carbocycles. The van der Waals surface area contributed by atoms with Crippen LogP contribution in [0.15, 0.2) is 46.6 Å². The number of hydrogen-bond donors (Lipinski definition) is 2. The van der Waals surface area contributed by atoms with Crippen LogP contribution in [0, 0.1) is 0 Å². The standard InChI is InChI=1S/C25H32N4O3S2/c1-2-32-21-6-7-23-19(16-21)15-20(24(30)27-23)17-29(18-22-5-3-14-34-22)25(33)26-8-4-9-28-10-12-31-13-11-28/h3,5-7,14-16H,2,4,8-13,17-18H2,1H3,(H,26,33)(H,27,30). The maximum Gasteiger partial charge on any atom is 0.253 e. The fraction of sp³-hybridized carbons (Fsp3) is 0.440. The third-order valence-electron chi connectivity index (χ3n) is 5.81. The number of rotatable bonds is 10. The van der Waals surface area contributed by atoms with Crippen LogP contribution in [0.3, 0.4) is 0 Å². The Morgan fingerprint density at radius 2 is 2.12 bits per heavy atom. The van der Waals surface area contributed by atoms with Gasteiger partial charge < -0.3 is 24.7 Å². The van der Waals surface area contributed by atoms with E-state index >= 15 is 0 Å². The Labute approximate surface area is 209 Å². The first-order valence-electron chi connectivity index (χ1n) is 11.8. The lowest BCUT2D eigenvalue weighted by Crippen LogP contribution is -2.41. The molecule has 0 unspecified atom stereocenters. The molecule has 1 aromatic carbocycles. The first kappa shape index (κ1) is 24.7. The number of aromatic amines is 1. The van der Waals surface area contributed by atoms with Crippen molar-refractivity contribution < 1.29 is 9.47 Å². The first-order valence-corrected chi connectivity index (χ1v) is 13.0. The van der Waals surface area contributed by atoms with Gasteiger partial charge in [0.25, 0.3) is 5.56 Å². The van der Waals surface area contributed by atoms with Crippen LogP contribution in [0.5, 0.6) is 5.75 Å². The normalized spacial score (nSPS) is 14.3. The minimum Gasteiger partial charge on any atom is -0.494 e. The second-order valence-corrected chi connectivity index (χ2v) is 9.70. The van der Waals surface area contributed by atoms with Gasteiger partial charge in [-0.2, -0.15) is 0 Å². The second kappa shape index (κ2) is 12.3. The topological polar surface area (TPSA) is 69.8 Å². The number of pyridine rings is 1. The number of thiocarbonyl (C=S) groups is 1. The molecule has 1 aliphatic rings. The molecular weight excluding hydrogens is 468 g/mol. The Balaban J connectivity index is 1.44. The molecular formula is C25H32N4O3S2. The molecule has 0 bridgehead atoms. The van der Waals surface area contributed by atoms with Gasteiger partial charge in [-0.05, 0) is 67.8 Å². The summed E-state index contributed by atoms with van der Waals surface area (Å²) in [5.41, 5.74) is 1.38. The Morgan fingerprint density at radius 1 is 1.26 bits per heavy atom. The highest BCUT2D eigenvalue weighted by Crippen LogP contribution is 2.20. The van der Waals surface area contributed by atoms with E-state index in [1.54, 1.807) is 11.3 Å². The summed E-state index contributed by atoms with van der Waals surface area (Å²) >= 11 is 7.46. The summed E-state index contributed by atoms with van der Waals surface area (Å²) in [6, 6.07) is 11.8. The van der Waals surface area contributed by atoms with Crippen LogP contribution < -0.4 is 15.6 Å². The van der Waals surface area contributed by atoms with Crippen LogP contribution in [0.4, 0.5) is 0 Å². The molecule has 34 heavy (non-hydrogen) atoms. The number of hydrogen-bond acceptors (Lipinski definition) is 6. The van der Waals surface area contributed by atoms with Crippen LogP contribution in [-0.4, -0.2) is 65.9 Å². The number of nitrogens with one attached hydrogen (secondary N) is 2. The van der Waals surface area contributed by atoms with Gasteiger partial charge in [0, 0.05) is 41.0 Å². The molecule has 0 radical (unpaired) electrons. The van der Waals surface area contributed by atoms with Crippen molar-refractivity contribution in [3.05, 3.63) is 62.6 Å². The van der Waals surface area contributed by atoms with Gasteiger partial charge in [0.2, 0.25) is 0 Å². The molecule has 3 heterocycles. The molecule has 1 aliphatic heterocycles. The number of benzene rings is 1. The van der Waals surface area contributed by atoms with E-state index in [0.717, 1.165) is 62.5 Å². The molecule has 0 amide bonds. The van der Waals surface area contributed by atoms with Gasteiger partial charge in [-0.15, -0.1) is 11.3 Å². The third kappa shape index (κ3) is 6.79. The minimum absolute atomic E-state index is 0.0945. The van der Waals surface area contributed by atoms with Crippen molar-refractivity contribution in [2.75, 3.05) is 46.0 Å². The molecule has 0 atom stereocenters. The fourth-order valence-corrected chi connectivity index (χ4v) is 4.98. The molecule has 3 aromatic rings. The number of fused-ring (bicyclic) bond motifs is 1. The summed E-state index contributed by atoms with van der Waals surface area (Å²) in [5.74, 6) is 0.792. The lowest BCUT2D eigenvalue weighted by molar-refractivity contribution is 0.0376. The summed E-state index contributed by atoms with van der Waals surface area (Å²) in [6.45, 7) is 9.07. The number of ether oxygens (including phenoxy) is 2. The van der Waals surface area contributed by atoms with E-state index < -0.39 is 0 Å². The zero-order valence-electron chi connectivity index (χ0n) is 19.5. The number of nitrogens with zero attached hydrogens (tertiary/aromatic N) is 2. The Kier molecular flexibility index (Phi) is 8.92. The van der Waals surface area contributed by atoms with Gasteiger partial charge in [-0.3, -0.25) is 9.69 Å². The lowest BCUT2D eigenvalue weighted by atomic mass is 10.1. The summed E-state index contributed by atoms with van der Waals surface area (Å²) in [6.07, 6.45) is 1.00. The molecule has 1 saturated heterocycles. The Bertz CT molecular complexity index is 1130. The van der Waals surface area contributed by atoms with Gasteiger partial charge in [0.05, 0.1) is 32.9 Å². The highest BCUT2D eigenvalue weighted by Gasteiger charge is 2.15. The molecule has 0 spiro atoms. The molecule has 2 aromatic heterocycles. The first-order chi connectivity index (χ1) is 16.6. The van der Waals surface area contributed by atoms with E-state index in [0.29, 0.717) is 30.4 Å². The SMILES string of the molecule is CCOc1ccc2[nH]c(=O)c(CN(Cc3cccs3)C(=S)NCCCN3CCOCC3)cc2c1.